The van der Waals surface area contributed by atoms with Crippen LogP contribution in [0.1, 0.15) is 5.56 Å². The minimum Gasteiger partial charge on any atom is -0.295 e. The van der Waals surface area contributed by atoms with Crippen molar-refractivity contribution in [2.24, 2.45) is 0 Å². The van der Waals surface area contributed by atoms with Gasteiger partial charge in [-0.05, 0) is 18.2 Å². The number of rotatable bonds is 1. The Morgan fingerprint density at radius 1 is 1.14 bits per heavy atom. The largest absolute Gasteiger partial charge is 0.419 e. The molecule has 0 saturated heterocycles. The molecule has 2 rings (SSSR count). The van der Waals surface area contributed by atoms with Gasteiger partial charge in [-0.1, -0.05) is 11.6 Å². The molecule has 0 saturated carbocycles. The summed E-state index contributed by atoms with van der Waals surface area (Å²) < 4.78 is 64.3. The highest BCUT2D eigenvalue weighted by Crippen LogP contribution is 2.32. The highest BCUT2D eigenvalue weighted by atomic mass is 35.5. The molecule has 1 aromatic heterocycles. The lowest BCUT2D eigenvalue weighted by atomic mass is 10.2. The van der Waals surface area contributed by atoms with E-state index in [2.05, 4.69) is 0 Å². The van der Waals surface area contributed by atoms with Gasteiger partial charge in [0.15, 0.2) is 5.15 Å². The molecular formula is C11H4ClF5N2O2. The monoisotopic (exact) mass is 326 g/mol. The van der Waals surface area contributed by atoms with Crippen molar-refractivity contribution >= 4 is 11.6 Å². The smallest absolute Gasteiger partial charge is 0.295 e. The molecule has 0 aliphatic carbocycles. The summed E-state index contributed by atoms with van der Waals surface area (Å²) in [5.41, 5.74) is -5.15. The number of halogens is 6. The Bertz CT molecular complexity index is 825. The van der Waals surface area contributed by atoms with E-state index in [1.807, 2.05) is 0 Å². The fraction of sp³-hybridized carbons (Fsp3) is 0.0909. The number of aromatic amines is 1. The van der Waals surface area contributed by atoms with Crippen LogP contribution in [0.2, 0.25) is 5.15 Å². The molecule has 0 spiro atoms. The molecular weight excluding hydrogens is 323 g/mol. The summed E-state index contributed by atoms with van der Waals surface area (Å²) in [5, 5.41) is -0.876. The fourth-order valence-corrected chi connectivity index (χ4v) is 1.75. The highest BCUT2D eigenvalue weighted by Gasteiger charge is 2.34. The summed E-state index contributed by atoms with van der Waals surface area (Å²) in [4.78, 5) is 24.8. The van der Waals surface area contributed by atoms with Gasteiger partial charge in [0.1, 0.15) is 5.82 Å². The van der Waals surface area contributed by atoms with E-state index >= 15 is 0 Å². The Balaban J connectivity index is 2.79. The third-order valence-electron chi connectivity index (χ3n) is 2.52. The number of hydrogen-bond donors (Lipinski definition) is 1. The first-order valence-electron chi connectivity index (χ1n) is 5.20. The van der Waals surface area contributed by atoms with E-state index in [1.165, 1.54) is 0 Å². The van der Waals surface area contributed by atoms with Crippen LogP contribution in [0.5, 0.6) is 0 Å². The maximum Gasteiger partial charge on any atom is 0.419 e. The molecule has 0 radical (unpaired) electrons. The number of nitrogens with zero attached hydrogens (tertiary/aromatic N) is 1. The third-order valence-corrected chi connectivity index (χ3v) is 2.78. The fourth-order valence-electron chi connectivity index (χ4n) is 1.59. The molecule has 1 heterocycles. The van der Waals surface area contributed by atoms with Crippen LogP contribution in [0.4, 0.5) is 22.0 Å². The standard InChI is InChI=1S/C11H4ClF5N2O2/c12-8-7(14)9(20)19(10(21)18-8)4-1-2-6(13)5(3-4)11(15,16)17/h1-3H,(H,18,21). The van der Waals surface area contributed by atoms with Gasteiger partial charge in [0.05, 0.1) is 11.3 Å². The Morgan fingerprint density at radius 2 is 1.76 bits per heavy atom. The first kappa shape index (κ1) is 15.2. The Morgan fingerprint density at radius 3 is 2.33 bits per heavy atom. The van der Waals surface area contributed by atoms with Crippen LogP contribution in [0.15, 0.2) is 27.8 Å². The highest BCUT2D eigenvalue weighted by molar-refractivity contribution is 6.29. The lowest BCUT2D eigenvalue weighted by Crippen LogP contribution is -2.36. The second-order valence-corrected chi connectivity index (χ2v) is 4.24. The van der Waals surface area contributed by atoms with Crippen molar-refractivity contribution in [1.82, 2.24) is 9.55 Å². The SMILES string of the molecule is O=c1[nH]c(Cl)c(F)c(=O)n1-c1ccc(F)c(C(F)(F)F)c1. The lowest BCUT2D eigenvalue weighted by Gasteiger charge is -2.11. The molecule has 2 aromatic rings. The van der Waals surface area contributed by atoms with Gasteiger partial charge in [0.25, 0.3) is 5.56 Å². The van der Waals surface area contributed by atoms with Crippen molar-refractivity contribution in [3.8, 4) is 5.69 Å². The minimum atomic E-state index is -5.04. The Labute approximate surface area is 117 Å². The van der Waals surface area contributed by atoms with Crippen LogP contribution in [0, 0.1) is 11.6 Å². The number of benzene rings is 1. The topological polar surface area (TPSA) is 54.9 Å². The number of H-pyrrole nitrogens is 1. The average molecular weight is 327 g/mol. The van der Waals surface area contributed by atoms with E-state index in [4.69, 9.17) is 11.6 Å². The van der Waals surface area contributed by atoms with Gasteiger partial charge in [-0.15, -0.1) is 0 Å². The van der Waals surface area contributed by atoms with E-state index in [9.17, 15) is 31.5 Å². The van der Waals surface area contributed by atoms with E-state index in [1.54, 1.807) is 4.98 Å². The summed E-state index contributed by atoms with van der Waals surface area (Å²) in [6.07, 6.45) is -5.04. The summed E-state index contributed by atoms with van der Waals surface area (Å²) in [6, 6.07) is 1.37. The molecule has 4 nitrogen and oxygen atoms in total. The number of alkyl halides is 3. The third kappa shape index (κ3) is 2.68. The van der Waals surface area contributed by atoms with Crippen LogP contribution in [-0.2, 0) is 6.18 Å². The molecule has 0 aliphatic heterocycles. The van der Waals surface area contributed by atoms with Crippen molar-refractivity contribution in [2.45, 2.75) is 6.18 Å². The Kier molecular flexibility index (Phi) is 3.62. The van der Waals surface area contributed by atoms with Gasteiger partial charge in [-0.2, -0.15) is 17.6 Å². The van der Waals surface area contributed by atoms with Crippen LogP contribution in [0.3, 0.4) is 0 Å². The first-order valence-corrected chi connectivity index (χ1v) is 5.58. The van der Waals surface area contributed by atoms with Gasteiger partial charge in [-0.3, -0.25) is 9.78 Å². The molecule has 0 amide bonds. The molecule has 10 heteroatoms. The average Bonchev–Trinajstić information content (AvgIpc) is 2.36. The predicted molar refractivity (Wildman–Crippen MR) is 62.6 cm³/mol. The molecule has 21 heavy (non-hydrogen) atoms. The second kappa shape index (κ2) is 4.99. The van der Waals surface area contributed by atoms with Crippen LogP contribution < -0.4 is 11.2 Å². The summed E-state index contributed by atoms with van der Waals surface area (Å²) >= 11 is 5.22. The van der Waals surface area contributed by atoms with Crippen molar-refractivity contribution in [3.05, 3.63) is 61.4 Å². The predicted octanol–water partition coefficient (Wildman–Crippen LogP) is 2.48. The van der Waals surface area contributed by atoms with Gasteiger partial charge >= 0.3 is 11.9 Å². The zero-order valence-corrected chi connectivity index (χ0v) is 10.5. The maximum atomic E-state index is 13.3. The summed E-state index contributed by atoms with van der Waals surface area (Å²) in [7, 11) is 0. The van der Waals surface area contributed by atoms with Crippen LogP contribution in [0.25, 0.3) is 5.69 Å². The van der Waals surface area contributed by atoms with Gasteiger partial charge in [0.2, 0.25) is 5.82 Å². The van der Waals surface area contributed by atoms with Crippen molar-refractivity contribution in [3.63, 3.8) is 0 Å². The first-order chi connectivity index (χ1) is 9.62. The van der Waals surface area contributed by atoms with Crippen molar-refractivity contribution in [2.75, 3.05) is 0 Å². The number of hydrogen-bond acceptors (Lipinski definition) is 2. The quantitative estimate of drug-likeness (QED) is 0.646. The van der Waals surface area contributed by atoms with E-state index in [-0.39, 0.29) is 10.6 Å². The normalized spacial score (nSPS) is 11.7. The van der Waals surface area contributed by atoms with Crippen LogP contribution in [-0.4, -0.2) is 9.55 Å². The van der Waals surface area contributed by atoms with E-state index in [0.717, 1.165) is 6.07 Å². The minimum absolute atomic E-state index is 0.0793. The molecule has 1 N–H and O–H groups in total. The van der Waals surface area contributed by atoms with Gasteiger partial charge in [-0.25, -0.2) is 13.8 Å². The molecule has 0 unspecified atom stereocenters. The van der Waals surface area contributed by atoms with E-state index in [0.29, 0.717) is 6.07 Å². The molecule has 0 aliphatic rings. The molecule has 1 aromatic carbocycles. The number of aromatic nitrogens is 2. The summed E-state index contributed by atoms with van der Waals surface area (Å²) in [5.74, 6) is -3.14. The van der Waals surface area contributed by atoms with Gasteiger partial charge < -0.3 is 0 Å². The zero-order chi connectivity index (χ0) is 15.9. The van der Waals surface area contributed by atoms with Crippen molar-refractivity contribution in [1.29, 1.82) is 0 Å². The van der Waals surface area contributed by atoms with Crippen LogP contribution >= 0.6 is 11.6 Å². The summed E-state index contributed by atoms with van der Waals surface area (Å²) in [6.45, 7) is 0. The molecule has 0 bridgehead atoms. The zero-order valence-electron chi connectivity index (χ0n) is 9.76. The molecule has 0 fully saturated rings. The maximum absolute atomic E-state index is 13.3. The van der Waals surface area contributed by atoms with Gasteiger partial charge in [0, 0.05) is 0 Å². The van der Waals surface area contributed by atoms with E-state index < -0.39 is 45.5 Å². The molecule has 112 valence electrons. The van der Waals surface area contributed by atoms with Crippen molar-refractivity contribution < 1.29 is 22.0 Å². The lowest BCUT2D eigenvalue weighted by molar-refractivity contribution is -0.140. The Hall–Kier alpha value is -2.16. The number of nitrogens with one attached hydrogen (secondary N) is 1. The molecule has 0 atom stereocenters. The second-order valence-electron chi connectivity index (χ2n) is 3.86.